The highest BCUT2D eigenvalue weighted by atomic mass is 32.2. The van der Waals surface area contributed by atoms with Crippen molar-refractivity contribution in [3.63, 3.8) is 0 Å². The van der Waals surface area contributed by atoms with E-state index >= 15 is 0 Å². The molecule has 1 aromatic carbocycles. The van der Waals surface area contributed by atoms with Gasteiger partial charge in [0.25, 0.3) is 11.8 Å². The van der Waals surface area contributed by atoms with E-state index in [4.69, 9.17) is 10.1 Å². The zero-order chi connectivity index (χ0) is 30.8. The molecule has 4 rings (SSSR count). The van der Waals surface area contributed by atoms with Gasteiger partial charge in [-0.3, -0.25) is 14.0 Å². The highest BCUT2D eigenvalue weighted by Gasteiger charge is 2.43. The molecule has 3 aromatic rings. The largest absolute Gasteiger partial charge is 0.491 e. The Labute approximate surface area is 245 Å². The van der Waals surface area contributed by atoms with E-state index in [1.807, 2.05) is 6.92 Å². The van der Waals surface area contributed by atoms with Gasteiger partial charge in [-0.25, -0.2) is 22.4 Å². The molecule has 14 heteroatoms. The number of rotatable bonds is 12. The first kappa shape index (κ1) is 30.9. The van der Waals surface area contributed by atoms with Gasteiger partial charge in [0.1, 0.15) is 23.6 Å². The molecule has 222 valence electrons. The monoisotopic (exact) mass is 596 g/mol. The number of nitrogens with one attached hydrogen (secondary N) is 2. The highest BCUT2D eigenvalue weighted by molar-refractivity contribution is 7.90. The second-order valence-electron chi connectivity index (χ2n) is 10.7. The number of anilines is 1. The van der Waals surface area contributed by atoms with Crippen molar-refractivity contribution in [1.29, 1.82) is 5.41 Å². The number of alkyl halides is 1. The standard InChI is InChI=1S/C28H34BFN6O5S/c1-5-18-13-19(41-16-28(3,29)30)8-11-22(18)33-26(37)24-21(6-2)34-36(23-12-7-17(14-31)15-32-23)25(24)27(38)35(4)42(39,40)20-9-10-20/h7-8,11-15,20,31H,5-6,9-10,16,29H2,1-4H3,(H,33,37). The number of benzene rings is 1. The van der Waals surface area contributed by atoms with Crippen LogP contribution in [0.3, 0.4) is 0 Å². The summed E-state index contributed by atoms with van der Waals surface area (Å²) in [4.78, 5) is 32.0. The van der Waals surface area contributed by atoms with Crippen LogP contribution in [0, 0.1) is 5.41 Å². The minimum Gasteiger partial charge on any atom is -0.491 e. The van der Waals surface area contributed by atoms with Crippen LogP contribution in [0.25, 0.3) is 5.82 Å². The number of carbonyl (C=O) groups is 2. The average Bonchev–Trinajstić information content (AvgIpc) is 3.76. The van der Waals surface area contributed by atoms with Crippen LogP contribution >= 0.6 is 0 Å². The van der Waals surface area contributed by atoms with Crippen molar-refractivity contribution < 1.29 is 27.1 Å². The number of aryl methyl sites for hydroxylation is 2. The van der Waals surface area contributed by atoms with Gasteiger partial charge in [-0.15, -0.1) is 0 Å². The summed E-state index contributed by atoms with van der Waals surface area (Å²) in [6.07, 6.45) is 4.22. The Hall–Kier alpha value is -4.07. The summed E-state index contributed by atoms with van der Waals surface area (Å²) in [5.41, 5.74) is 0.121. The van der Waals surface area contributed by atoms with Gasteiger partial charge in [0.05, 0.1) is 16.5 Å². The first-order valence-corrected chi connectivity index (χ1v) is 15.2. The van der Waals surface area contributed by atoms with Crippen LogP contribution in [0.2, 0.25) is 0 Å². The molecule has 11 nitrogen and oxygen atoms in total. The van der Waals surface area contributed by atoms with Gasteiger partial charge in [-0.2, -0.15) is 5.10 Å². The van der Waals surface area contributed by atoms with Crippen LogP contribution in [0.4, 0.5) is 10.1 Å². The lowest BCUT2D eigenvalue weighted by molar-refractivity contribution is 0.0866. The minimum absolute atomic E-state index is 0.0696. The molecule has 1 fully saturated rings. The summed E-state index contributed by atoms with van der Waals surface area (Å²) in [5.74, 6) is -0.935. The summed E-state index contributed by atoms with van der Waals surface area (Å²) in [6.45, 7) is 4.93. The zero-order valence-corrected chi connectivity index (χ0v) is 25.1. The normalized spacial score (nSPS) is 14.6. The molecule has 1 saturated carbocycles. The molecular formula is C28H34BFN6O5S. The fraction of sp³-hybridized carbons (Fsp3) is 0.393. The Kier molecular flexibility index (Phi) is 8.85. The fourth-order valence-electron chi connectivity index (χ4n) is 4.29. The molecule has 0 aliphatic heterocycles. The molecule has 1 aliphatic rings. The van der Waals surface area contributed by atoms with Crippen molar-refractivity contribution in [3.05, 3.63) is 64.6 Å². The highest BCUT2D eigenvalue weighted by Crippen LogP contribution is 2.32. The van der Waals surface area contributed by atoms with Crippen LogP contribution in [-0.2, 0) is 22.9 Å². The van der Waals surface area contributed by atoms with Crippen LogP contribution in [0.5, 0.6) is 5.75 Å². The number of pyridine rings is 1. The van der Waals surface area contributed by atoms with E-state index in [9.17, 15) is 22.4 Å². The molecule has 2 amide bonds. The third-order valence-corrected chi connectivity index (χ3v) is 9.02. The van der Waals surface area contributed by atoms with Gasteiger partial charge >= 0.3 is 0 Å². The number of hydrogen-bond donors (Lipinski definition) is 2. The molecule has 1 aliphatic carbocycles. The number of carbonyl (C=O) groups excluding carboxylic acids is 2. The van der Waals surface area contributed by atoms with E-state index < -0.39 is 32.7 Å². The Morgan fingerprint density at radius 1 is 1.26 bits per heavy atom. The van der Waals surface area contributed by atoms with Gasteiger partial charge in [0.2, 0.25) is 10.0 Å². The first-order valence-electron chi connectivity index (χ1n) is 13.7. The topological polar surface area (TPSA) is 147 Å². The number of nitrogens with zero attached hydrogens (tertiary/aromatic N) is 4. The summed E-state index contributed by atoms with van der Waals surface area (Å²) in [5, 5.41) is 14.1. The van der Waals surface area contributed by atoms with Gasteiger partial charge in [0.15, 0.2) is 13.7 Å². The lowest BCUT2D eigenvalue weighted by Gasteiger charge is -2.19. The van der Waals surface area contributed by atoms with Crippen molar-refractivity contribution in [3.8, 4) is 11.6 Å². The summed E-state index contributed by atoms with van der Waals surface area (Å²) >= 11 is 0. The molecule has 1 unspecified atom stereocenters. The molecule has 0 radical (unpaired) electrons. The maximum absolute atomic E-state index is 13.9. The van der Waals surface area contributed by atoms with Crippen molar-refractivity contribution in [2.24, 2.45) is 0 Å². The summed E-state index contributed by atoms with van der Waals surface area (Å²) in [7, 11) is -1.34. The summed E-state index contributed by atoms with van der Waals surface area (Å²) in [6, 6.07) is 8.09. The molecule has 0 saturated heterocycles. The van der Waals surface area contributed by atoms with Crippen molar-refractivity contribution >= 4 is 41.6 Å². The van der Waals surface area contributed by atoms with Gasteiger partial charge in [-0.1, -0.05) is 13.8 Å². The maximum atomic E-state index is 13.9. The number of sulfonamides is 1. The molecule has 42 heavy (non-hydrogen) atoms. The lowest BCUT2D eigenvalue weighted by atomic mass is 9.87. The molecule has 0 spiro atoms. The Balaban J connectivity index is 1.78. The second kappa shape index (κ2) is 12.0. The molecule has 1 atom stereocenters. The number of aromatic nitrogens is 3. The predicted octanol–water partition coefficient (Wildman–Crippen LogP) is 2.90. The van der Waals surface area contributed by atoms with E-state index in [-0.39, 0.29) is 35.8 Å². The zero-order valence-electron chi connectivity index (χ0n) is 24.3. The van der Waals surface area contributed by atoms with Crippen molar-refractivity contribution in [2.75, 3.05) is 19.0 Å². The maximum Gasteiger partial charge on any atom is 0.286 e. The molecule has 0 bridgehead atoms. The number of halogens is 1. The first-order chi connectivity index (χ1) is 19.8. The van der Waals surface area contributed by atoms with Crippen molar-refractivity contribution in [2.45, 2.75) is 57.3 Å². The number of hydrogen-bond acceptors (Lipinski definition) is 8. The SMILES string of the molecule is BC(C)(F)COc1ccc(NC(=O)c2c(CC)nn(-c3ccc(C=N)cn3)c2C(=O)N(C)S(=O)(=O)C2CC2)c(CC)c1. The smallest absolute Gasteiger partial charge is 0.286 e. The number of ether oxygens (including phenoxy) is 1. The molecule has 2 heterocycles. The van der Waals surface area contributed by atoms with E-state index in [0.717, 1.165) is 6.21 Å². The number of amides is 2. The van der Waals surface area contributed by atoms with E-state index in [1.165, 1.54) is 38.8 Å². The lowest BCUT2D eigenvalue weighted by Crippen LogP contribution is -2.37. The molecule has 2 aromatic heterocycles. The van der Waals surface area contributed by atoms with E-state index in [0.29, 0.717) is 46.1 Å². The fourth-order valence-corrected chi connectivity index (χ4v) is 5.79. The Morgan fingerprint density at radius 3 is 2.52 bits per heavy atom. The van der Waals surface area contributed by atoms with Crippen LogP contribution in [0.15, 0.2) is 36.5 Å². The predicted molar refractivity (Wildman–Crippen MR) is 160 cm³/mol. The van der Waals surface area contributed by atoms with Gasteiger partial charge < -0.3 is 15.5 Å². The molecular weight excluding hydrogens is 562 g/mol. The third kappa shape index (κ3) is 6.53. The van der Waals surface area contributed by atoms with Crippen molar-refractivity contribution in [1.82, 2.24) is 19.1 Å². The Bertz CT molecular complexity index is 1610. The van der Waals surface area contributed by atoms with Gasteiger partial charge in [0, 0.05) is 30.7 Å². The molecule has 2 N–H and O–H groups in total. The third-order valence-electron chi connectivity index (χ3n) is 6.78. The van der Waals surface area contributed by atoms with Crippen LogP contribution in [0.1, 0.15) is 71.3 Å². The van der Waals surface area contributed by atoms with E-state index in [1.54, 1.807) is 31.2 Å². The van der Waals surface area contributed by atoms with Crippen LogP contribution in [-0.4, -0.2) is 77.8 Å². The van der Waals surface area contributed by atoms with Gasteiger partial charge in [-0.05, 0) is 68.5 Å². The Morgan fingerprint density at radius 2 is 1.98 bits per heavy atom. The van der Waals surface area contributed by atoms with Crippen LogP contribution < -0.4 is 10.1 Å². The van der Waals surface area contributed by atoms with E-state index in [2.05, 4.69) is 15.4 Å². The minimum atomic E-state index is -3.93. The second-order valence-corrected chi connectivity index (χ2v) is 12.9. The quantitative estimate of drug-likeness (QED) is 0.241. The average molecular weight is 596 g/mol. The summed E-state index contributed by atoms with van der Waals surface area (Å²) < 4.78 is 47.4.